The molecule has 2 amide bonds. The number of carbonyl (C=O) groups excluding carboxylic acids is 2. The van der Waals surface area contributed by atoms with E-state index < -0.39 is 0 Å². The number of carbonyl (C=O) groups is 2. The maximum absolute atomic E-state index is 12.4. The Morgan fingerprint density at radius 3 is 2.62 bits per heavy atom. The van der Waals surface area contributed by atoms with E-state index in [4.69, 9.17) is 0 Å². The van der Waals surface area contributed by atoms with Crippen molar-refractivity contribution >= 4 is 23.2 Å². The summed E-state index contributed by atoms with van der Waals surface area (Å²) in [7, 11) is 0. The SMILES string of the molecule is Cc1nc(CC(=O)NC2CCCCC2)sc1C(=O)NCc1ccccc1. The van der Waals surface area contributed by atoms with E-state index in [1.54, 1.807) is 0 Å². The molecular weight excluding hydrogens is 346 g/mol. The lowest BCUT2D eigenvalue weighted by Gasteiger charge is -2.22. The van der Waals surface area contributed by atoms with E-state index in [1.807, 2.05) is 37.3 Å². The molecule has 1 aliphatic carbocycles. The molecule has 1 saturated carbocycles. The lowest BCUT2D eigenvalue weighted by Crippen LogP contribution is -2.37. The Bertz CT molecular complexity index is 752. The molecule has 0 saturated heterocycles. The van der Waals surface area contributed by atoms with Crippen molar-refractivity contribution in [2.75, 3.05) is 0 Å². The van der Waals surface area contributed by atoms with Crippen LogP contribution in [0.25, 0.3) is 0 Å². The lowest BCUT2D eigenvalue weighted by atomic mass is 9.95. The van der Waals surface area contributed by atoms with Gasteiger partial charge in [-0.25, -0.2) is 4.98 Å². The van der Waals surface area contributed by atoms with Crippen LogP contribution in [0.15, 0.2) is 30.3 Å². The summed E-state index contributed by atoms with van der Waals surface area (Å²) >= 11 is 1.31. The molecule has 6 heteroatoms. The number of nitrogens with one attached hydrogen (secondary N) is 2. The summed E-state index contributed by atoms with van der Waals surface area (Å²) in [6, 6.07) is 10.1. The Morgan fingerprint density at radius 2 is 1.88 bits per heavy atom. The van der Waals surface area contributed by atoms with Gasteiger partial charge in [-0.3, -0.25) is 9.59 Å². The summed E-state index contributed by atoms with van der Waals surface area (Å²) in [6.45, 7) is 2.30. The summed E-state index contributed by atoms with van der Waals surface area (Å²) < 4.78 is 0. The fraction of sp³-hybridized carbons (Fsp3) is 0.450. The Balaban J connectivity index is 1.54. The lowest BCUT2D eigenvalue weighted by molar-refractivity contribution is -0.121. The number of amides is 2. The molecule has 0 bridgehead atoms. The van der Waals surface area contributed by atoms with E-state index in [2.05, 4.69) is 15.6 Å². The molecule has 0 atom stereocenters. The monoisotopic (exact) mass is 371 g/mol. The van der Waals surface area contributed by atoms with E-state index in [0.29, 0.717) is 28.2 Å². The van der Waals surface area contributed by atoms with Crippen molar-refractivity contribution in [3.8, 4) is 0 Å². The van der Waals surface area contributed by atoms with Crippen LogP contribution in [0.4, 0.5) is 0 Å². The highest BCUT2D eigenvalue weighted by molar-refractivity contribution is 7.13. The first-order chi connectivity index (χ1) is 12.6. The highest BCUT2D eigenvalue weighted by atomic mass is 32.1. The first kappa shape index (κ1) is 18.6. The predicted molar refractivity (Wildman–Crippen MR) is 103 cm³/mol. The van der Waals surface area contributed by atoms with E-state index in [0.717, 1.165) is 18.4 Å². The summed E-state index contributed by atoms with van der Waals surface area (Å²) in [4.78, 5) is 29.7. The van der Waals surface area contributed by atoms with Crippen molar-refractivity contribution in [3.05, 3.63) is 51.5 Å². The zero-order valence-electron chi connectivity index (χ0n) is 15.1. The van der Waals surface area contributed by atoms with Gasteiger partial charge in [0.1, 0.15) is 9.88 Å². The number of thiazole rings is 1. The van der Waals surface area contributed by atoms with Crippen LogP contribution in [0.3, 0.4) is 0 Å². The van der Waals surface area contributed by atoms with Gasteiger partial charge in [-0.05, 0) is 25.3 Å². The largest absolute Gasteiger partial charge is 0.353 e. The zero-order chi connectivity index (χ0) is 18.4. The average Bonchev–Trinajstić information content (AvgIpc) is 3.01. The molecule has 0 spiro atoms. The Kier molecular flexibility index (Phi) is 6.39. The van der Waals surface area contributed by atoms with Gasteiger partial charge < -0.3 is 10.6 Å². The third-order valence-corrected chi connectivity index (χ3v) is 5.78. The summed E-state index contributed by atoms with van der Waals surface area (Å²) in [5, 5.41) is 6.71. The topological polar surface area (TPSA) is 71.1 Å². The number of nitrogens with zero attached hydrogens (tertiary/aromatic N) is 1. The maximum Gasteiger partial charge on any atom is 0.263 e. The smallest absolute Gasteiger partial charge is 0.263 e. The fourth-order valence-electron chi connectivity index (χ4n) is 3.26. The van der Waals surface area contributed by atoms with Crippen molar-refractivity contribution in [1.82, 2.24) is 15.6 Å². The van der Waals surface area contributed by atoms with E-state index in [1.165, 1.54) is 30.6 Å². The summed E-state index contributed by atoms with van der Waals surface area (Å²) in [6.07, 6.45) is 6.01. The van der Waals surface area contributed by atoms with E-state index in [9.17, 15) is 9.59 Å². The Morgan fingerprint density at radius 1 is 1.15 bits per heavy atom. The average molecular weight is 372 g/mol. The minimum Gasteiger partial charge on any atom is -0.353 e. The minimum atomic E-state index is -0.136. The second-order valence-corrected chi connectivity index (χ2v) is 7.85. The molecule has 0 aliphatic heterocycles. The number of hydrogen-bond donors (Lipinski definition) is 2. The highest BCUT2D eigenvalue weighted by Crippen LogP contribution is 2.20. The molecule has 1 aliphatic rings. The van der Waals surface area contributed by atoms with Gasteiger partial charge in [0.2, 0.25) is 5.91 Å². The molecule has 1 aromatic heterocycles. The fourth-order valence-corrected chi connectivity index (χ4v) is 4.24. The summed E-state index contributed by atoms with van der Waals surface area (Å²) in [5.74, 6) is -0.135. The van der Waals surface area contributed by atoms with Gasteiger partial charge in [0.05, 0.1) is 12.1 Å². The van der Waals surface area contributed by atoms with Crippen LogP contribution < -0.4 is 10.6 Å². The Labute approximate surface area is 158 Å². The molecular formula is C20H25N3O2S. The molecule has 3 rings (SSSR count). The second kappa shape index (κ2) is 8.94. The molecule has 1 heterocycles. The minimum absolute atomic E-state index is 0.00175. The first-order valence-electron chi connectivity index (χ1n) is 9.19. The molecule has 26 heavy (non-hydrogen) atoms. The molecule has 5 nitrogen and oxygen atoms in total. The van der Waals surface area contributed by atoms with Crippen LogP contribution in [-0.4, -0.2) is 22.8 Å². The van der Waals surface area contributed by atoms with Crippen LogP contribution in [-0.2, 0) is 17.8 Å². The molecule has 0 radical (unpaired) electrons. The van der Waals surface area contributed by atoms with Crippen LogP contribution in [0.1, 0.15) is 58.0 Å². The van der Waals surface area contributed by atoms with Gasteiger partial charge in [0.15, 0.2) is 0 Å². The van der Waals surface area contributed by atoms with Gasteiger partial charge in [-0.2, -0.15) is 0 Å². The molecule has 2 N–H and O–H groups in total. The number of rotatable bonds is 6. The highest BCUT2D eigenvalue weighted by Gasteiger charge is 2.19. The molecule has 1 aromatic carbocycles. The van der Waals surface area contributed by atoms with E-state index >= 15 is 0 Å². The first-order valence-corrected chi connectivity index (χ1v) is 10.0. The van der Waals surface area contributed by atoms with Crippen LogP contribution in [0, 0.1) is 6.92 Å². The number of benzene rings is 1. The van der Waals surface area contributed by atoms with Crippen molar-refractivity contribution in [2.24, 2.45) is 0 Å². The van der Waals surface area contributed by atoms with Gasteiger partial charge in [0, 0.05) is 12.6 Å². The molecule has 0 unspecified atom stereocenters. The van der Waals surface area contributed by atoms with Crippen molar-refractivity contribution in [3.63, 3.8) is 0 Å². The molecule has 1 fully saturated rings. The Hall–Kier alpha value is -2.21. The normalized spacial score (nSPS) is 14.8. The maximum atomic E-state index is 12.4. The van der Waals surface area contributed by atoms with Crippen LogP contribution in [0.5, 0.6) is 0 Å². The third-order valence-electron chi connectivity index (χ3n) is 4.63. The van der Waals surface area contributed by atoms with Crippen molar-refractivity contribution in [2.45, 2.75) is 58.0 Å². The van der Waals surface area contributed by atoms with Gasteiger partial charge in [0.25, 0.3) is 5.91 Å². The van der Waals surface area contributed by atoms with Crippen molar-refractivity contribution in [1.29, 1.82) is 0 Å². The van der Waals surface area contributed by atoms with Gasteiger partial charge in [-0.15, -0.1) is 11.3 Å². The number of hydrogen-bond acceptors (Lipinski definition) is 4. The van der Waals surface area contributed by atoms with Gasteiger partial charge in [-0.1, -0.05) is 49.6 Å². The summed E-state index contributed by atoms with van der Waals surface area (Å²) in [5.41, 5.74) is 1.73. The van der Waals surface area contributed by atoms with Crippen LogP contribution in [0.2, 0.25) is 0 Å². The van der Waals surface area contributed by atoms with Crippen molar-refractivity contribution < 1.29 is 9.59 Å². The number of aromatic nitrogens is 1. The second-order valence-electron chi connectivity index (χ2n) is 6.77. The zero-order valence-corrected chi connectivity index (χ0v) is 15.9. The standard InChI is InChI=1S/C20H25N3O2S/c1-14-19(20(25)21-13-15-8-4-2-5-9-15)26-18(22-14)12-17(24)23-16-10-6-3-7-11-16/h2,4-5,8-9,16H,3,6-7,10-13H2,1H3,(H,21,25)(H,23,24). The van der Waals surface area contributed by atoms with E-state index in [-0.39, 0.29) is 18.2 Å². The van der Waals surface area contributed by atoms with Gasteiger partial charge >= 0.3 is 0 Å². The van der Waals surface area contributed by atoms with Crippen LogP contribution >= 0.6 is 11.3 Å². The quantitative estimate of drug-likeness (QED) is 0.818. The third kappa shape index (κ3) is 5.14. The molecule has 138 valence electrons. The molecule has 2 aromatic rings. The predicted octanol–water partition coefficient (Wildman–Crippen LogP) is 3.37. The number of aryl methyl sites for hydroxylation is 1.